The molecule has 0 unspecified atom stereocenters. The van der Waals surface area contributed by atoms with E-state index in [1.807, 2.05) is 0 Å². The lowest BCUT2D eigenvalue weighted by Gasteiger charge is -2.36. The van der Waals surface area contributed by atoms with Gasteiger partial charge in [-0.2, -0.15) is 0 Å². The van der Waals surface area contributed by atoms with E-state index in [0.29, 0.717) is 0 Å². The van der Waals surface area contributed by atoms with Crippen molar-refractivity contribution in [3.8, 4) is 34.1 Å². The fourth-order valence-corrected chi connectivity index (χ4v) is 4.13. The summed E-state index contributed by atoms with van der Waals surface area (Å²) in [4.78, 5) is 0. The van der Waals surface area contributed by atoms with Crippen LogP contribution in [-0.4, -0.2) is 35.0 Å². The Hall–Kier alpha value is -2.11. The Morgan fingerprint density at radius 2 is 1.50 bits per heavy atom. The average Bonchev–Trinajstić information content (AvgIpc) is 2.66. The van der Waals surface area contributed by atoms with Crippen molar-refractivity contribution in [1.82, 2.24) is 5.32 Å². The highest BCUT2D eigenvalue weighted by atomic mass is 35.5. The first kappa shape index (κ1) is 18.7. The van der Waals surface area contributed by atoms with Gasteiger partial charge in [0.05, 0.1) is 28.4 Å². The highest BCUT2D eigenvalue weighted by molar-refractivity contribution is 5.85. The summed E-state index contributed by atoms with van der Waals surface area (Å²) in [6, 6.07) is 6.53. The summed E-state index contributed by atoms with van der Waals surface area (Å²) in [5.41, 5.74) is 6.11. The number of methoxy groups -OCH3 is 4. The number of hydrogen-bond acceptors (Lipinski definition) is 5. The van der Waals surface area contributed by atoms with Crippen molar-refractivity contribution in [2.24, 2.45) is 0 Å². The molecule has 2 aromatic carbocycles. The predicted molar refractivity (Wildman–Crippen MR) is 103 cm³/mol. The summed E-state index contributed by atoms with van der Waals surface area (Å²) in [6.45, 7) is 0.967. The molecule has 0 saturated heterocycles. The van der Waals surface area contributed by atoms with Gasteiger partial charge in [0.2, 0.25) is 0 Å². The minimum atomic E-state index is 0. The highest BCUT2D eigenvalue weighted by Crippen LogP contribution is 2.52. The van der Waals surface area contributed by atoms with E-state index in [1.165, 1.54) is 16.7 Å². The lowest BCUT2D eigenvalue weighted by molar-refractivity contribution is 0.350. The zero-order valence-electron chi connectivity index (χ0n) is 15.5. The molecule has 4 rings (SSSR count). The monoisotopic (exact) mass is 377 g/mol. The molecule has 2 aromatic rings. The van der Waals surface area contributed by atoms with E-state index in [-0.39, 0.29) is 18.4 Å². The van der Waals surface area contributed by atoms with Gasteiger partial charge in [-0.3, -0.25) is 0 Å². The van der Waals surface area contributed by atoms with Gasteiger partial charge in [0.25, 0.3) is 0 Å². The maximum atomic E-state index is 5.77. The summed E-state index contributed by atoms with van der Waals surface area (Å²) in [5, 5.41) is 3.64. The van der Waals surface area contributed by atoms with Gasteiger partial charge in [-0.05, 0) is 59.8 Å². The number of nitrogens with one attached hydrogen (secondary N) is 1. The van der Waals surface area contributed by atoms with Crippen LogP contribution in [0.2, 0.25) is 0 Å². The number of hydrogen-bond donors (Lipinski definition) is 1. The topological polar surface area (TPSA) is 49.0 Å². The molecule has 0 spiro atoms. The number of halogens is 1. The van der Waals surface area contributed by atoms with Crippen LogP contribution in [0, 0.1) is 0 Å². The third-order valence-corrected chi connectivity index (χ3v) is 5.23. The molecule has 1 heterocycles. The Bertz CT molecular complexity index is 837. The van der Waals surface area contributed by atoms with E-state index in [9.17, 15) is 0 Å². The van der Waals surface area contributed by atoms with Gasteiger partial charge in [0.15, 0.2) is 23.0 Å². The third-order valence-electron chi connectivity index (χ3n) is 5.23. The van der Waals surface area contributed by atoms with Gasteiger partial charge in [-0.15, -0.1) is 12.4 Å². The number of fused-ring (bicyclic) bond motifs is 2. The van der Waals surface area contributed by atoms with Crippen molar-refractivity contribution in [2.45, 2.75) is 18.9 Å². The lowest BCUT2D eigenvalue weighted by atomic mass is 9.77. The molecule has 0 amide bonds. The first-order chi connectivity index (χ1) is 12.2. The lowest BCUT2D eigenvalue weighted by Crippen LogP contribution is -2.34. The second-order valence-electron chi connectivity index (χ2n) is 6.39. The van der Waals surface area contributed by atoms with Crippen molar-refractivity contribution < 1.29 is 18.9 Å². The van der Waals surface area contributed by atoms with Gasteiger partial charge in [-0.1, -0.05) is 0 Å². The SMILES string of the molecule is COc1cc2c(cc1OC)-c1c(OC)c(OC)cc3c1[C@H](C2)NCC3.Cl. The Morgan fingerprint density at radius 1 is 0.846 bits per heavy atom. The molecule has 26 heavy (non-hydrogen) atoms. The van der Waals surface area contributed by atoms with Crippen molar-refractivity contribution in [2.75, 3.05) is 35.0 Å². The summed E-state index contributed by atoms with van der Waals surface area (Å²) >= 11 is 0. The quantitative estimate of drug-likeness (QED) is 0.883. The van der Waals surface area contributed by atoms with Gasteiger partial charge in [0.1, 0.15) is 0 Å². The minimum Gasteiger partial charge on any atom is -0.493 e. The molecule has 6 heteroatoms. The second kappa shape index (κ2) is 7.25. The first-order valence-electron chi connectivity index (χ1n) is 8.48. The van der Waals surface area contributed by atoms with Crippen LogP contribution in [0.1, 0.15) is 22.7 Å². The van der Waals surface area contributed by atoms with Crippen LogP contribution in [0.3, 0.4) is 0 Å². The van der Waals surface area contributed by atoms with Gasteiger partial charge < -0.3 is 24.3 Å². The molecule has 2 aliphatic rings. The van der Waals surface area contributed by atoms with Gasteiger partial charge in [-0.25, -0.2) is 0 Å². The van der Waals surface area contributed by atoms with Crippen LogP contribution in [-0.2, 0) is 12.8 Å². The maximum Gasteiger partial charge on any atom is 0.168 e. The predicted octanol–water partition coefficient (Wildman–Crippen LogP) is 3.55. The largest absolute Gasteiger partial charge is 0.493 e. The van der Waals surface area contributed by atoms with Gasteiger partial charge >= 0.3 is 0 Å². The Morgan fingerprint density at radius 3 is 2.15 bits per heavy atom. The summed E-state index contributed by atoms with van der Waals surface area (Å²) in [6.07, 6.45) is 1.91. The summed E-state index contributed by atoms with van der Waals surface area (Å²) < 4.78 is 22.4. The van der Waals surface area contributed by atoms with E-state index >= 15 is 0 Å². The molecule has 1 aliphatic heterocycles. The molecule has 0 fully saturated rings. The van der Waals surface area contributed by atoms with Crippen molar-refractivity contribution >= 4 is 12.4 Å². The third kappa shape index (κ3) is 2.66. The van der Waals surface area contributed by atoms with Crippen LogP contribution in [0.25, 0.3) is 11.1 Å². The van der Waals surface area contributed by atoms with E-state index in [2.05, 4.69) is 23.5 Å². The standard InChI is InChI=1S/C20H23NO4.ClH/c1-22-15-9-12-7-14-18-11(5-6-21-14)8-17(24-3)20(25-4)19(18)13(12)10-16(15)23-2;/h8-10,14,21H,5-7H2,1-4H3;1H/t14-;/m0./s1. The van der Waals surface area contributed by atoms with Crippen molar-refractivity contribution in [1.29, 1.82) is 0 Å². The van der Waals surface area contributed by atoms with E-state index in [4.69, 9.17) is 18.9 Å². The normalized spacial score (nSPS) is 16.7. The smallest absolute Gasteiger partial charge is 0.168 e. The van der Waals surface area contributed by atoms with Crippen LogP contribution >= 0.6 is 12.4 Å². The van der Waals surface area contributed by atoms with E-state index in [1.54, 1.807) is 28.4 Å². The number of benzene rings is 2. The zero-order chi connectivity index (χ0) is 17.6. The molecular formula is C20H24ClNO4. The molecule has 0 radical (unpaired) electrons. The first-order valence-corrected chi connectivity index (χ1v) is 8.48. The van der Waals surface area contributed by atoms with Crippen molar-refractivity contribution in [3.05, 3.63) is 34.9 Å². The van der Waals surface area contributed by atoms with Crippen molar-refractivity contribution in [3.63, 3.8) is 0 Å². The molecule has 1 atom stereocenters. The van der Waals surface area contributed by atoms with Crippen LogP contribution in [0.4, 0.5) is 0 Å². The van der Waals surface area contributed by atoms with Crippen LogP contribution in [0.15, 0.2) is 18.2 Å². The highest BCUT2D eigenvalue weighted by Gasteiger charge is 2.34. The average molecular weight is 378 g/mol. The van der Waals surface area contributed by atoms with E-state index in [0.717, 1.165) is 53.5 Å². The second-order valence-corrected chi connectivity index (χ2v) is 6.39. The molecule has 1 N–H and O–H groups in total. The molecule has 1 aliphatic carbocycles. The number of ether oxygens (including phenoxy) is 4. The Kier molecular flexibility index (Phi) is 5.21. The molecule has 0 saturated carbocycles. The minimum absolute atomic E-state index is 0. The maximum absolute atomic E-state index is 5.77. The summed E-state index contributed by atoms with van der Waals surface area (Å²) in [7, 11) is 6.71. The number of rotatable bonds is 4. The van der Waals surface area contributed by atoms with E-state index < -0.39 is 0 Å². The zero-order valence-corrected chi connectivity index (χ0v) is 16.3. The molecule has 0 aromatic heterocycles. The van der Waals surface area contributed by atoms with Crippen LogP contribution < -0.4 is 24.3 Å². The Balaban J connectivity index is 0.00000196. The summed E-state index contributed by atoms with van der Waals surface area (Å²) in [5.74, 6) is 3.03. The molecular weight excluding hydrogens is 354 g/mol. The fourth-order valence-electron chi connectivity index (χ4n) is 4.13. The molecule has 140 valence electrons. The Labute approximate surface area is 160 Å². The van der Waals surface area contributed by atoms with Gasteiger partial charge in [0, 0.05) is 11.6 Å². The van der Waals surface area contributed by atoms with Crippen LogP contribution in [0.5, 0.6) is 23.0 Å². The molecule has 5 nitrogen and oxygen atoms in total. The fraction of sp³-hybridized carbons (Fsp3) is 0.400. The molecule has 0 bridgehead atoms.